The monoisotopic (exact) mass is 333 g/mol. The van der Waals surface area contributed by atoms with Gasteiger partial charge in [-0.3, -0.25) is 4.90 Å². The third kappa shape index (κ3) is 4.55. The summed E-state index contributed by atoms with van der Waals surface area (Å²) < 4.78 is 27.0. The maximum atomic E-state index is 13.8. The van der Waals surface area contributed by atoms with Gasteiger partial charge in [-0.25, -0.2) is 8.78 Å². The number of likely N-dealkylation sites (tertiary alicyclic amines) is 1. The van der Waals surface area contributed by atoms with E-state index in [0.717, 1.165) is 30.6 Å². The lowest BCUT2D eigenvalue weighted by atomic mass is 10.1. The van der Waals surface area contributed by atoms with E-state index >= 15 is 0 Å². The van der Waals surface area contributed by atoms with Crippen LogP contribution in [-0.2, 0) is 12.3 Å². The maximum Gasteiger partial charge on any atom is 0.127 e. The highest BCUT2D eigenvalue weighted by Gasteiger charge is 2.13. The minimum absolute atomic E-state index is 0.340. The molecule has 1 fully saturated rings. The lowest BCUT2D eigenvalue weighted by Crippen LogP contribution is -2.29. The van der Waals surface area contributed by atoms with Crippen molar-refractivity contribution >= 4 is 11.8 Å². The summed E-state index contributed by atoms with van der Waals surface area (Å²) in [6.07, 6.45) is 3.86. The number of hydrogen-bond acceptors (Lipinski definition) is 2. The second-order valence-electron chi connectivity index (χ2n) is 5.97. The van der Waals surface area contributed by atoms with E-state index < -0.39 is 0 Å². The zero-order chi connectivity index (χ0) is 16.1. The van der Waals surface area contributed by atoms with Gasteiger partial charge in [0.1, 0.15) is 11.6 Å². The second kappa shape index (κ2) is 7.93. The summed E-state index contributed by atoms with van der Waals surface area (Å²) in [6, 6.07) is 11.9. The molecule has 0 N–H and O–H groups in total. The number of rotatable bonds is 5. The molecule has 1 nitrogen and oxygen atoms in total. The van der Waals surface area contributed by atoms with Crippen LogP contribution in [0.5, 0.6) is 0 Å². The number of hydrogen-bond donors (Lipinski definition) is 0. The van der Waals surface area contributed by atoms with Gasteiger partial charge in [-0.2, -0.15) is 0 Å². The second-order valence-corrected chi connectivity index (χ2v) is 6.99. The lowest BCUT2D eigenvalue weighted by Gasteiger charge is -2.27. The Morgan fingerprint density at radius 2 is 1.70 bits per heavy atom. The Kier molecular flexibility index (Phi) is 5.68. The molecule has 0 aromatic heterocycles. The van der Waals surface area contributed by atoms with Crippen LogP contribution >= 0.6 is 11.8 Å². The Hall–Kier alpha value is -1.39. The predicted molar refractivity (Wildman–Crippen MR) is 91.5 cm³/mol. The van der Waals surface area contributed by atoms with Crippen LogP contribution in [0.2, 0.25) is 0 Å². The molecule has 4 heteroatoms. The Morgan fingerprint density at radius 3 is 2.52 bits per heavy atom. The van der Waals surface area contributed by atoms with Crippen LogP contribution < -0.4 is 0 Å². The van der Waals surface area contributed by atoms with E-state index in [1.165, 1.54) is 37.0 Å². The van der Waals surface area contributed by atoms with E-state index in [9.17, 15) is 8.78 Å². The first-order chi connectivity index (χ1) is 11.2. The zero-order valence-corrected chi connectivity index (χ0v) is 13.9. The van der Waals surface area contributed by atoms with Gasteiger partial charge in [-0.05, 0) is 55.8 Å². The van der Waals surface area contributed by atoms with E-state index in [2.05, 4.69) is 17.0 Å². The Labute approximate surface area is 140 Å². The maximum absolute atomic E-state index is 13.8. The van der Waals surface area contributed by atoms with Crippen LogP contribution in [-0.4, -0.2) is 18.0 Å². The average Bonchev–Trinajstić information content (AvgIpc) is 2.58. The van der Waals surface area contributed by atoms with Crippen LogP contribution in [0.25, 0.3) is 0 Å². The minimum atomic E-state index is -0.386. The van der Waals surface area contributed by atoms with E-state index in [-0.39, 0.29) is 11.6 Å². The number of piperidine rings is 1. The molecule has 1 heterocycles. The fraction of sp³-hybridized carbons (Fsp3) is 0.368. The molecule has 1 saturated heterocycles. The predicted octanol–water partition coefficient (Wildman–Crippen LogP) is 5.24. The van der Waals surface area contributed by atoms with Crippen molar-refractivity contribution in [2.45, 2.75) is 36.5 Å². The average molecular weight is 333 g/mol. The SMILES string of the molecule is Fc1ccc(F)c(CSc2ccccc2CN2CCCCC2)c1. The molecule has 1 aliphatic heterocycles. The molecule has 0 radical (unpaired) electrons. The van der Waals surface area contributed by atoms with Gasteiger partial charge < -0.3 is 0 Å². The van der Waals surface area contributed by atoms with Gasteiger partial charge in [0.05, 0.1) is 0 Å². The molecule has 122 valence electrons. The number of benzene rings is 2. The largest absolute Gasteiger partial charge is 0.299 e. The molecule has 0 bridgehead atoms. The standard InChI is InChI=1S/C19H21F2NS/c20-17-8-9-18(21)16(12-17)14-23-19-7-3-2-6-15(19)13-22-10-4-1-5-11-22/h2-3,6-9,12H,1,4-5,10-11,13-14H2. The van der Waals surface area contributed by atoms with Gasteiger partial charge in [-0.1, -0.05) is 24.6 Å². The quantitative estimate of drug-likeness (QED) is 0.688. The molecule has 2 aromatic rings. The van der Waals surface area contributed by atoms with Gasteiger partial charge in [0.15, 0.2) is 0 Å². The van der Waals surface area contributed by atoms with Gasteiger partial charge in [0.2, 0.25) is 0 Å². The van der Waals surface area contributed by atoms with Gasteiger partial charge in [0, 0.05) is 22.8 Å². The van der Waals surface area contributed by atoms with Gasteiger partial charge >= 0.3 is 0 Å². The summed E-state index contributed by atoms with van der Waals surface area (Å²) in [6.45, 7) is 3.24. The highest BCUT2D eigenvalue weighted by Crippen LogP contribution is 2.29. The summed E-state index contributed by atoms with van der Waals surface area (Å²) in [5.41, 5.74) is 1.69. The number of nitrogens with zero attached hydrogens (tertiary/aromatic N) is 1. The Morgan fingerprint density at radius 1 is 0.913 bits per heavy atom. The summed E-state index contributed by atoms with van der Waals surface area (Å²) in [4.78, 5) is 3.63. The molecule has 0 aliphatic carbocycles. The molecular formula is C19H21F2NS. The highest BCUT2D eigenvalue weighted by atomic mass is 32.2. The summed E-state index contributed by atoms with van der Waals surface area (Å²) in [5, 5.41) is 0. The first kappa shape index (κ1) is 16.5. The number of thioether (sulfide) groups is 1. The third-order valence-electron chi connectivity index (χ3n) is 4.21. The molecule has 0 amide bonds. The van der Waals surface area contributed by atoms with Crippen molar-refractivity contribution in [1.82, 2.24) is 4.90 Å². The first-order valence-electron chi connectivity index (χ1n) is 8.09. The van der Waals surface area contributed by atoms with Crippen molar-refractivity contribution in [3.8, 4) is 0 Å². The molecular weight excluding hydrogens is 312 g/mol. The molecule has 0 saturated carbocycles. The van der Waals surface area contributed by atoms with Crippen molar-refractivity contribution < 1.29 is 8.78 Å². The molecule has 23 heavy (non-hydrogen) atoms. The minimum Gasteiger partial charge on any atom is -0.299 e. The number of halogens is 2. The van der Waals surface area contributed by atoms with Crippen molar-refractivity contribution in [2.75, 3.05) is 13.1 Å². The molecule has 0 atom stereocenters. The van der Waals surface area contributed by atoms with Crippen LogP contribution in [0.15, 0.2) is 47.4 Å². The fourth-order valence-electron chi connectivity index (χ4n) is 2.94. The molecule has 2 aromatic carbocycles. The van der Waals surface area contributed by atoms with Crippen LogP contribution in [0.1, 0.15) is 30.4 Å². The van der Waals surface area contributed by atoms with E-state index in [1.807, 2.05) is 12.1 Å². The Balaban J connectivity index is 1.68. The highest BCUT2D eigenvalue weighted by molar-refractivity contribution is 7.98. The van der Waals surface area contributed by atoms with E-state index in [4.69, 9.17) is 0 Å². The molecule has 0 spiro atoms. The molecule has 0 unspecified atom stereocenters. The first-order valence-corrected chi connectivity index (χ1v) is 9.08. The normalized spacial score (nSPS) is 15.7. The summed E-state index contributed by atoms with van der Waals surface area (Å²) >= 11 is 1.58. The molecule has 1 aliphatic rings. The summed E-state index contributed by atoms with van der Waals surface area (Å²) in [7, 11) is 0. The van der Waals surface area contributed by atoms with E-state index in [1.54, 1.807) is 11.8 Å². The van der Waals surface area contributed by atoms with Crippen molar-refractivity contribution in [3.05, 3.63) is 65.2 Å². The van der Waals surface area contributed by atoms with Gasteiger partial charge in [-0.15, -0.1) is 11.8 Å². The smallest absolute Gasteiger partial charge is 0.127 e. The van der Waals surface area contributed by atoms with Crippen molar-refractivity contribution in [2.24, 2.45) is 0 Å². The van der Waals surface area contributed by atoms with Gasteiger partial charge in [0.25, 0.3) is 0 Å². The summed E-state index contributed by atoms with van der Waals surface area (Å²) in [5.74, 6) is -0.281. The van der Waals surface area contributed by atoms with Crippen LogP contribution in [0.3, 0.4) is 0 Å². The van der Waals surface area contributed by atoms with E-state index in [0.29, 0.717) is 11.3 Å². The Bertz CT molecular complexity index is 654. The lowest BCUT2D eigenvalue weighted by molar-refractivity contribution is 0.219. The zero-order valence-electron chi connectivity index (χ0n) is 13.1. The molecule has 3 rings (SSSR count). The fourth-order valence-corrected chi connectivity index (χ4v) is 3.97. The van der Waals surface area contributed by atoms with Crippen LogP contribution in [0.4, 0.5) is 8.78 Å². The topological polar surface area (TPSA) is 3.24 Å². The van der Waals surface area contributed by atoms with Crippen molar-refractivity contribution in [3.63, 3.8) is 0 Å². The van der Waals surface area contributed by atoms with Crippen LogP contribution in [0, 0.1) is 11.6 Å². The third-order valence-corrected chi connectivity index (χ3v) is 5.37. The van der Waals surface area contributed by atoms with Crippen molar-refractivity contribution in [1.29, 1.82) is 0 Å².